The predicted molar refractivity (Wildman–Crippen MR) is 105 cm³/mol. The van der Waals surface area contributed by atoms with Crippen molar-refractivity contribution in [3.63, 3.8) is 0 Å². The normalized spacial score (nSPS) is 20.0. The molecule has 0 aliphatic carbocycles. The third kappa shape index (κ3) is 6.12. The minimum Gasteiger partial charge on any atom is -0.463 e. The molecule has 1 aliphatic rings. The Morgan fingerprint density at radius 3 is 2.55 bits per heavy atom. The first-order chi connectivity index (χ1) is 14.8. The van der Waals surface area contributed by atoms with Gasteiger partial charge in [-0.25, -0.2) is 9.59 Å². The highest BCUT2D eigenvalue weighted by Gasteiger charge is 2.39. The molecule has 11 nitrogen and oxygen atoms in total. The Bertz CT molecular complexity index is 1010. The molecule has 2 aromatic rings. The Morgan fingerprint density at radius 1 is 1.16 bits per heavy atom. The molecule has 31 heavy (non-hydrogen) atoms. The maximum Gasteiger partial charge on any atom is 0.418 e. The number of hydrogen-bond donors (Lipinski definition) is 1. The number of nitrogens with zero attached hydrogens (tertiary/aromatic N) is 2. The van der Waals surface area contributed by atoms with Gasteiger partial charge in [0.05, 0.1) is 0 Å². The lowest BCUT2D eigenvalue weighted by atomic mass is 10.2. The maximum absolute atomic E-state index is 12.5. The molecule has 1 aliphatic heterocycles. The number of nitrogens with one attached hydrogen (secondary N) is 1. The van der Waals surface area contributed by atoms with Crippen molar-refractivity contribution in [1.82, 2.24) is 9.55 Å². The van der Waals surface area contributed by atoms with Gasteiger partial charge in [0.25, 0.3) is 0 Å². The molecule has 0 bridgehead atoms. The monoisotopic (exact) mass is 431 g/mol. The number of ether oxygens (including phenoxy) is 4. The number of para-hydroxylation sites is 1. The summed E-state index contributed by atoms with van der Waals surface area (Å²) in [6, 6.07) is 9.81. The van der Waals surface area contributed by atoms with E-state index in [0.717, 1.165) is 0 Å². The second-order valence-corrected chi connectivity index (χ2v) is 6.65. The van der Waals surface area contributed by atoms with E-state index in [4.69, 9.17) is 18.9 Å². The van der Waals surface area contributed by atoms with Crippen molar-refractivity contribution < 1.29 is 33.3 Å². The topological polar surface area (TPSA) is 135 Å². The van der Waals surface area contributed by atoms with Crippen LogP contribution in [-0.2, 0) is 23.8 Å². The average Bonchev–Trinajstić information content (AvgIpc) is 3.08. The molecule has 1 N–H and O–H groups in total. The molecule has 0 unspecified atom stereocenters. The number of carbonyl (C=O) groups is 3. The van der Waals surface area contributed by atoms with Crippen molar-refractivity contribution in [2.45, 2.75) is 38.7 Å². The molecule has 3 atom stereocenters. The van der Waals surface area contributed by atoms with Crippen LogP contribution in [0.3, 0.4) is 0 Å². The summed E-state index contributed by atoms with van der Waals surface area (Å²) in [6.45, 7) is 2.37. The number of aromatic nitrogens is 2. The van der Waals surface area contributed by atoms with Gasteiger partial charge < -0.3 is 18.9 Å². The lowest BCUT2D eigenvalue weighted by molar-refractivity contribution is -0.155. The number of hydrogen-bond acceptors (Lipinski definition) is 9. The summed E-state index contributed by atoms with van der Waals surface area (Å²) in [7, 11) is 0. The Labute approximate surface area is 176 Å². The van der Waals surface area contributed by atoms with Crippen LogP contribution in [0.25, 0.3) is 0 Å². The number of anilines is 1. The van der Waals surface area contributed by atoms with Crippen LogP contribution in [0, 0.1) is 0 Å². The van der Waals surface area contributed by atoms with Gasteiger partial charge >= 0.3 is 23.7 Å². The smallest absolute Gasteiger partial charge is 0.418 e. The molecule has 1 aromatic carbocycles. The van der Waals surface area contributed by atoms with Crippen LogP contribution in [-0.4, -0.2) is 46.4 Å². The van der Waals surface area contributed by atoms with Gasteiger partial charge in [-0.3, -0.25) is 19.5 Å². The van der Waals surface area contributed by atoms with Crippen LogP contribution in [0.15, 0.2) is 47.4 Å². The van der Waals surface area contributed by atoms with Crippen LogP contribution in [0.5, 0.6) is 5.75 Å². The first-order valence-corrected chi connectivity index (χ1v) is 9.41. The lowest BCUT2D eigenvalue weighted by Crippen LogP contribution is -2.31. The molecule has 0 spiro atoms. The van der Waals surface area contributed by atoms with E-state index in [1.165, 1.54) is 30.7 Å². The molecule has 1 fully saturated rings. The van der Waals surface area contributed by atoms with Crippen LogP contribution in [0.4, 0.5) is 10.6 Å². The summed E-state index contributed by atoms with van der Waals surface area (Å²) in [5, 5.41) is 2.37. The predicted octanol–water partition coefficient (Wildman–Crippen LogP) is 1.64. The van der Waals surface area contributed by atoms with E-state index < -0.39 is 42.2 Å². The summed E-state index contributed by atoms with van der Waals surface area (Å²) in [6.07, 6.45) is -1.48. The molecule has 1 amide bonds. The fraction of sp³-hybridized carbons (Fsp3) is 0.350. The van der Waals surface area contributed by atoms with Crippen molar-refractivity contribution in [3.05, 3.63) is 53.1 Å². The van der Waals surface area contributed by atoms with Gasteiger partial charge in [0, 0.05) is 26.5 Å². The van der Waals surface area contributed by atoms with Crippen molar-refractivity contribution in [3.8, 4) is 5.75 Å². The molecule has 0 radical (unpaired) electrons. The fourth-order valence-corrected chi connectivity index (χ4v) is 2.99. The van der Waals surface area contributed by atoms with Crippen LogP contribution < -0.4 is 15.7 Å². The highest BCUT2D eigenvalue weighted by molar-refractivity contribution is 5.84. The average molecular weight is 431 g/mol. The van der Waals surface area contributed by atoms with Crippen molar-refractivity contribution in [1.29, 1.82) is 0 Å². The molecule has 0 saturated carbocycles. The second-order valence-electron chi connectivity index (χ2n) is 6.65. The van der Waals surface area contributed by atoms with E-state index in [2.05, 4.69) is 10.3 Å². The molecule has 11 heteroatoms. The number of rotatable bonds is 6. The molecule has 164 valence electrons. The molecule has 3 rings (SSSR count). The number of carbonyl (C=O) groups excluding carboxylic acids is 3. The van der Waals surface area contributed by atoms with Crippen molar-refractivity contribution >= 4 is 23.8 Å². The molecular formula is C20H21N3O8. The van der Waals surface area contributed by atoms with E-state index in [1.807, 2.05) is 0 Å². The summed E-state index contributed by atoms with van der Waals surface area (Å²) in [5.74, 6) is -0.703. The zero-order valence-electron chi connectivity index (χ0n) is 16.8. The molecule has 2 heterocycles. The molecule has 1 aromatic heterocycles. The van der Waals surface area contributed by atoms with Gasteiger partial charge in [-0.1, -0.05) is 18.2 Å². The zero-order chi connectivity index (χ0) is 22.4. The zero-order valence-corrected chi connectivity index (χ0v) is 16.8. The third-order valence-corrected chi connectivity index (χ3v) is 4.27. The lowest BCUT2D eigenvalue weighted by Gasteiger charge is -2.17. The quantitative estimate of drug-likeness (QED) is 0.677. The van der Waals surface area contributed by atoms with Gasteiger partial charge in [0.15, 0.2) is 0 Å². The highest BCUT2D eigenvalue weighted by atomic mass is 16.6. The van der Waals surface area contributed by atoms with Gasteiger partial charge in [-0.15, -0.1) is 0 Å². The number of amides is 1. The van der Waals surface area contributed by atoms with E-state index in [-0.39, 0.29) is 18.8 Å². The van der Waals surface area contributed by atoms with Gasteiger partial charge in [-0.2, -0.15) is 4.98 Å². The largest absolute Gasteiger partial charge is 0.463 e. The Balaban J connectivity index is 1.67. The van der Waals surface area contributed by atoms with Crippen molar-refractivity contribution in [2.24, 2.45) is 0 Å². The SMILES string of the molecule is CC(=O)OC[C@H]1O[C@@H](n2ccc(NC(=O)Oc3ccccc3)nc2=O)C[C@@H]1OC(C)=O. The fourth-order valence-electron chi connectivity index (χ4n) is 2.99. The molecule has 1 saturated heterocycles. The third-order valence-electron chi connectivity index (χ3n) is 4.27. The van der Waals surface area contributed by atoms with E-state index in [0.29, 0.717) is 5.75 Å². The standard InChI is InChI=1S/C20H21N3O8/c1-12(24)28-11-16-15(29-13(2)25)10-18(31-16)23-9-8-17(21-19(23)26)22-20(27)30-14-6-4-3-5-7-14/h3-9,15-16,18H,10-11H2,1-2H3,(H,21,22,26,27)/t15-,16+,18+/m0/s1. The van der Waals surface area contributed by atoms with Gasteiger partial charge in [0.1, 0.15) is 36.6 Å². The Morgan fingerprint density at radius 2 is 1.90 bits per heavy atom. The van der Waals surface area contributed by atoms with Crippen LogP contribution in [0.2, 0.25) is 0 Å². The highest BCUT2D eigenvalue weighted by Crippen LogP contribution is 2.30. The first-order valence-electron chi connectivity index (χ1n) is 9.41. The second kappa shape index (κ2) is 9.85. The van der Waals surface area contributed by atoms with E-state index in [1.54, 1.807) is 30.3 Å². The summed E-state index contributed by atoms with van der Waals surface area (Å²) in [4.78, 5) is 50.6. The number of esters is 2. The Hall–Kier alpha value is -3.73. The van der Waals surface area contributed by atoms with E-state index >= 15 is 0 Å². The van der Waals surface area contributed by atoms with Crippen molar-refractivity contribution in [2.75, 3.05) is 11.9 Å². The molecular weight excluding hydrogens is 410 g/mol. The minimum atomic E-state index is -0.802. The minimum absolute atomic E-state index is 0.00632. The summed E-state index contributed by atoms with van der Waals surface area (Å²) in [5.41, 5.74) is -0.697. The number of benzene rings is 1. The first kappa shape index (κ1) is 22.0. The van der Waals surface area contributed by atoms with Crippen LogP contribution in [0.1, 0.15) is 26.5 Å². The van der Waals surface area contributed by atoms with Crippen LogP contribution >= 0.6 is 0 Å². The summed E-state index contributed by atoms with van der Waals surface area (Å²) < 4.78 is 22.2. The summed E-state index contributed by atoms with van der Waals surface area (Å²) >= 11 is 0. The van der Waals surface area contributed by atoms with Gasteiger partial charge in [-0.05, 0) is 18.2 Å². The van der Waals surface area contributed by atoms with E-state index in [9.17, 15) is 19.2 Å². The van der Waals surface area contributed by atoms with Gasteiger partial charge in [0.2, 0.25) is 0 Å². The maximum atomic E-state index is 12.5. The Kier molecular flexibility index (Phi) is 6.98.